The van der Waals surface area contributed by atoms with Crippen LogP contribution in [0.15, 0.2) is 23.6 Å². The molecule has 0 fully saturated rings. The molecule has 0 atom stereocenters. The van der Waals surface area contributed by atoms with Crippen molar-refractivity contribution in [3.05, 3.63) is 34.3 Å². The first-order valence-electron chi connectivity index (χ1n) is 4.71. The normalized spacial score (nSPS) is 10.2. The number of thiophene rings is 1. The molecule has 2 aromatic rings. The molecule has 0 bridgehead atoms. The van der Waals surface area contributed by atoms with Crippen molar-refractivity contribution in [3.63, 3.8) is 0 Å². The summed E-state index contributed by atoms with van der Waals surface area (Å²) in [6.07, 6.45) is 0. The summed E-state index contributed by atoms with van der Waals surface area (Å²) in [5.74, 6) is -0.597. The SMILES string of the molecule is COC(=O)c1nc(-c2cccs2)cc(N)c1Cl. The molecule has 0 unspecified atom stereocenters. The summed E-state index contributed by atoms with van der Waals surface area (Å²) < 4.78 is 4.61. The number of nitrogens with zero attached hydrogens (tertiary/aromatic N) is 1. The molecule has 0 saturated carbocycles. The van der Waals surface area contributed by atoms with Crippen molar-refractivity contribution >= 4 is 34.6 Å². The smallest absolute Gasteiger partial charge is 0.358 e. The van der Waals surface area contributed by atoms with E-state index in [1.54, 1.807) is 6.07 Å². The summed E-state index contributed by atoms with van der Waals surface area (Å²) in [5.41, 5.74) is 6.71. The minimum atomic E-state index is -0.597. The van der Waals surface area contributed by atoms with Crippen molar-refractivity contribution in [2.24, 2.45) is 0 Å². The first kappa shape index (κ1) is 11.9. The fourth-order valence-corrected chi connectivity index (χ4v) is 2.19. The summed E-state index contributed by atoms with van der Waals surface area (Å²) in [4.78, 5) is 16.6. The fourth-order valence-electron chi connectivity index (χ4n) is 1.33. The lowest BCUT2D eigenvalue weighted by Gasteiger charge is -2.06. The molecule has 2 aromatic heterocycles. The predicted octanol–water partition coefficient (Wildman–Crippen LogP) is 2.83. The van der Waals surface area contributed by atoms with Gasteiger partial charge < -0.3 is 10.5 Å². The molecule has 2 N–H and O–H groups in total. The molecular formula is C11H9ClN2O2S. The van der Waals surface area contributed by atoms with Crippen molar-refractivity contribution in [3.8, 4) is 10.6 Å². The largest absolute Gasteiger partial charge is 0.464 e. The topological polar surface area (TPSA) is 65.2 Å². The van der Waals surface area contributed by atoms with Gasteiger partial charge in [0.25, 0.3) is 0 Å². The Labute approximate surface area is 107 Å². The Balaban J connectivity index is 2.57. The second kappa shape index (κ2) is 4.73. The molecule has 2 rings (SSSR count). The summed E-state index contributed by atoms with van der Waals surface area (Å²) >= 11 is 7.42. The number of carbonyl (C=O) groups excluding carboxylic acids is 1. The third kappa shape index (κ3) is 2.25. The molecule has 0 radical (unpaired) electrons. The molecule has 17 heavy (non-hydrogen) atoms. The van der Waals surface area contributed by atoms with Gasteiger partial charge >= 0.3 is 5.97 Å². The van der Waals surface area contributed by atoms with Crippen molar-refractivity contribution in [1.29, 1.82) is 0 Å². The number of rotatable bonds is 2. The lowest BCUT2D eigenvalue weighted by molar-refractivity contribution is 0.0594. The van der Waals surface area contributed by atoms with Gasteiger partial charge in [-0.25, -0.2) is 9.78 Å². The average Bonchev–Trinajstić information content (AvgIpc) is 2.85. The number of esters is 1. The highest BCUT2D eigenvalue weighted by Crippen LogP contribution is 2.30. The van der Waals surface area contributed by atoms with E-state index in [1.165, 1.54) is 18.4 Å². The highest BCUT2D eigenvalue weighted by molar-refractivity contribution is 7.13. The maximum absolute atomic E-state index is 11.5. The van der Waals surface area contributed by atoms with Crippen LogP contribution in [0.3, 0.4) is 0 Å². The maximum Gasteiger partial charge on any atom is 0.358 e. The fraction of sp³-hybridized carbons (Fsp3) is 0.0909. The molecule has 0 aliphatic carbocycles. The van der Waals surface area contributed by atoms with Crippen LogP contribution in [0.2, 0.25) is 5.02 Å². The lowest BCUT2D eigenvalue weighted by atomic mass is 10.2. The van der Waals surface area contributed by atoms with Gasteiger partial charge in [-0.1, -0.05) is 17.7 Å². The van der Waals surface area contributed by atoms with Crippen LogP contribution in [0, 0.1) is 0 Å². The number of pyridine rings is 1. The van der Waals surface area contributed by atoms with E-state index in [2.05, 4.69) is 9.72 Å². The second-order valence-corrected chi connectivity index (χ2v) is 4.55. The average molecular weight is 269 g/mol. The van der Waals surface area contributed by atoms with E-state index < -0.39 is 5.97 Å². The number of carbonyl (C=O) groups is 1. The van der Waals surface area contributed by atoms with Crippen LogP contribution in [0.1, 0.15) is 10.5 Å². The molecule has 2 heterocycles. The minimum absolute atomic E-state index is 0.0394. The van der Waals surface area contributed by atoms with Gasteiger partial charge in [-0.2, -0.15) is 0 Å². The summed E-state index contributed by atoms with van der Waals surface area (Å²) in [6, 6.07) is 5.42. The molecule has 4 nitrogen and oxygen atoms in total. The maximum atomic E-state index is 11.5. The van der Waals surface area contributed by atoms with Gasteiger partial charge in [0.15, 0.2) is 5.69 Å². The zero-order valence-corrected chi connectivity index (χ0v) is 10.5. The molecule has 0 spiro atoms. The van der Waals surface area contributed by atoms with Crippen LogP contribution in [-0.2, 0) is 4.74 Å². The molecule has 0 saturated heterocycles. The first-order valence-corrected chi connectivity index (χ1v) is 5.97. The second-order valence-electron chi connectivity index (χ2n) is 3.23. The van der Waals surface area contributed by atoms with E-state index in [1.807, 2.05) is 17.5 Å². The highest BCUT2D eigenvalue weighted by atomic mass is 35.5. The van der Waals surface area contributed by atoms with E-state index in [0.29, 0.717) is 11.4 Å². The molecule has 0 aliphatic heterocycles. The van der Waals surface area contributed by atoms with Crippen molar-refractivity contribution in [1.82, 2.24) is 4.98 Å². The number of anilines is 1. The molecule has 88 valence electrons. The van der Waals surface area contributed by atoms with Crippen molar-refractivity contribution in [2.45, 2.75) is 0 Å². The molecule has 0 aromatic carbocycles. The number of ether oxygens (including phenoxy) is 1. The van der Waals surface area contributed by atoms with Crippen LogP contribution in [-0.4, -0.2) is 18.1 Å². The monoisotopic (exact) mass is 268 g/mol. The number of nitrogen functional groups attached to an aromatic ring is 1. The summed E-state index contributed by atoms with van der Waals surface area (Å²) in [6.45, 7) is 0. The van der Waals surface area contributed by atoms with Gasteiger partial charge in [-0.3, -0.25) is 0 Å². The van der Waals surface area contributed by atoms with Gasteiger partial charge in [0.2, 0.25) is 0 Å². The molecule has 0 aliphatic rings. The minimum Gasteiger partial charge on any atom is -0.464 e. The number of hydrogen-bond donors (Lipinski definition) is 1. The Bertz CT molecular complexity index is 555. The summed E-state index contributed by atoms with van der Waals surface area (Å²) in [7, 11) is 1.27. The van der Waals surface area contributed by atoms with Gasteiger partial charge in [-0.15, -0.1) is 11.3 Å². The van der Waals surface area contributed by atoms with Gasteiger partial charge in [0.05, 0.1) is 28.4 Å². The van der Waals surface area contributed by atoms with Crippen LogP contribution in [0.5, 0.6) is 0 Å². The quantitative estimate of drug-likeness (QED) is 0.851. The zero-order valence-electron chi connectivity index (χ0n) is 8.94. The van der Waals surface area contributed by atoms with E-state index in [9.17, 15) is 4.79 Å². The van der Waals surface area contributed by atoms with E-state index >= 15 is 0 Å². The predicted molar refractivity (Wildman–Crippen MR) is 68.3 cm³/mol. The van der Waals surface area contributed by atoms with Crippen molar-refractivity contribution < 1.29 is 9.53 Å². The molecule has 6 heteroatoms. The molecule has 0 amide bonds. The number of hydrogen-bond acceptors (Lipinski definition) is 5. The first-order chi connectivity index (χ1) is 8.13. The van der Waals surface area contributed by atoms with Crippen LogP contribution >= 0.6 is 22.9 Å². The number of aromatic nitrogens is 1. The van der Waals surface area contributed by atoms with E-state index in [0.717, 1.165) is 4.88 Å². The number of methoxy groups -OCH3 is 1. The van der Waals surface area contributed by atoms with Gasteiger partial charge in [-0.05, 0) is 17.5 Å². The van der Waals surface area contributed by atoms with Gasteiger partial charge in [0.1, 0.15) is 0 Å². The van der Waals surface area contributed by atoms with Crippen LogP contribution < -0.4 is 5.73 Å². The van der Waals surface area contributed by atoms with Crippen LogP contribution in [0.4, 0.5) is 5.69 Å². The zero-order chi connectivity index (χ0) is 12.4. The van der Waals surface area contributed by atoms with E-state index in [-0.39, 0.29) is 10.7 Å². The number of nitrogens with two attached hydrogens (primary N) is 1. The lowest BCUT2D eigenvalue weighted by Crippen LogP contribution is -2.07. The summed E-state index contributed by atoms with van der Waals surface area (Å²) in [5, 5.41) is 2.04. The number of halogens is 1. The Hall–Kier alpha value is -1.59. The Kier molecular flexibility index (Phi) is 3.31. The van der Waals surface area contributed by atoms with E-state index in [4.69, 9.17) is 17.3 Å². The van der Waals surface area contributed by atoms with Crippen molar-refractivity contribution in [2.75, 3.05) is 12.8 Å². The standard InChI is InChI=1S/C11H9ClN2O2S/c1-16-11(15)10-9(12)6(13)5-7(14-10)8-3-2-4-17-8/h2-5H,1H3,(H2,13,14). The van der Waals surface area contributed by atoms with Gasteiger partial charge in [0, 0.05) is 0 Å². The molecular weight excluding hydrogens is 260 g/mol. The Morgan fingerprint density at radius 2 is 2.35 bits per heavy atom. The Morgan fingerprint density at radius 1 is 1.59 bits per heavy atom. The third-order valence-electron chi connectivity index (χ3n) is 2.14. The highest BCUT2D eigenvalue weighted by Gasteiger charge is 2.17. The Morgan fingerprint density at radius 3 is 2.94 bits per heavy atom. The van der Waals surface area contributed by atoms with Crippen LogP contribution in [0.25, 0.3) is 10.6 Å². The third-order valence-corrected chi connectivity index (χ3v) is 3.43.